The summed E-state index contributed by atoms with van der Waals surface area (Å²) in [5, 5.41) is 29.6. The highest BCUT2D eigenvalue weighted by Gasteiger charge is 2.28. The molecule has 6 N–H and O–H groups in total. The number of carbonyl (C=O) groups excluding carboxylic acids is 2. The van der Waals surface area contributed by atoms with Gasteiger partial charge in [-0.1, -0.05) is 145 Å². The van der Waals surface area contributed by atoms with Crippen molar-refractivity contribution in [2.45, 2.75) is 192 Å². The fourth-order valence-electron chi connectivity index (χ4n) is 5.89. The number of phosphoric ester groups is 1. The van der Waals surface area contributed by atoms with Crippen LogP contribution in [0.3, 0.4) is 0 Å². The summed E-state index contributed by atoms with van der Waals surface area (Å²) in [6.45, 7) is 2.36. The maximum atomic E-state index is 12.7. The van der Waals surface area contributed by atoms with Gasteiger partial charge in [0, 0.05) is 12.8 Å². The first kappa shape index (κ1) is 58.8. The minimum atomic E-state index is -4.79. The third-order valence-electron chi connectivity index (χ3n) is 9.64. The SMILES string of the molecule is CC/C=C\C/C=C\C/C=C\C/C=C\C[C@H](O)[C@@H](O)CCCC(=O)OC[C@H](COP(=O)(O)OC[C@H](N)C(=O)O)OC(=O)CCCCCCCCCCC/C=C\C/C=C\CCCCC. The fraction of sp³-hybridized carbons (Fsp3) is 0.688. The zero-order chi connectivity index (χ0) is 45.9. The van der Waals surface area contributed by atoms with E-state index < -0.39 is 69.9 Å². The van der Waals surface area contributed by atoms with E-state index in [9.17, 15) is 34.1 Å². The van der Waals surface area contributed by atoms with E-state index in [-0.39, 0.29) is 32.1 Å². The zero-order valence-corrected chi connectivity index (χ0v) is 38.8. The van der Waals surface area contributed by atoms with E-state index >= 15 is 0 Å². The minimum absolute atomic E-state index is 0.0918. The van der Waals surface area contributed by atoms with Crippen molar-refractivity contribution in [3.8, 4) is 0 Å². The number of carboxylic acid groups (broad SMARTS) is 1. The number of aliphatic hydroxyl groups excluding tert-OH is 2. The van der Waals surface area contributed by atoms with E-state index in [1.165, 1.54) is 51.4 Å². The summed E-state index contributed by atoms with van der Waals surface area (Å²) in [5.41, 5.74) is 5.32. The predicted molar refractivity (Wildman–Crippen MR) is 247 cm³/mol. The number of hydrogen-bond acceptors (Lipinski definition) is 11. The van der Waals surface area contributed by atoms with Crippen LogP contribution in [0.1, 0.15) is 168 Å². The van der Waals surface area contributed by atoms with Crippen LogP contribution in [-0.4, -0.2) is 82.3 Å². The Morgan fingerprint density at radius 3 is 1.63 bits per heavy atom. The van der Waals surface area contributed by atoms with Gasteiger partial charge in [-0.05, 0) is 83.5 Å². The van der Waals surface area contributed by atoms with Crippen molar-refractivity contribution >= 4 is 25.7 Å². The Hall–Kier alpha value is -3.16. The molecule has 0 bridgehead atoms. The maximum absolute atomic E-state index is 12.7. The molecule has 1 unspecified atom stereocenters. The van der Waals surface area contributed by atoms with Gasteiger partial charge in [-0.3, -0.25) is 23.4 Å². The van der Waals surface area contributed by atoms with Crippen LogP contribution in [-0.2, 0) is 37.5 Å². The van der Waals surface area contributed by atoms with Crippen LogP contribution < -0.4 is 5.73 Å². The van der Waals surface area contributed by atoms with E-state index in [0.29, 0.717) is 12.8 Å². The predicted octanol–water partition coefficient (Wildman–Crippen LogP) is 10.4. The Kier molecular flexibility index (Phi) is 39.7. The second kappa shape index (κ2) is 41.8. The lowest BCUT2D eigenvalue weighted by Crippen LogP contribution is -2.34. The van der Waals surface area contributed by atoms with Crippen molar-refractivity contribution in [1.82, 2.24) is 0 Å². The third-order valence-corrected chi connectivity index (χ3v) is 10.6. The van der Waals surface area contributed by atoms with Gasteiger partial charge in [0.15, 0.2) is 6.10 Å². The lowest BCUT2D eigenvalue weighted by atomic mass is 10.0. The Morgan fingerprint density at radius 2 is 1.06 bits per heavy atom. The molecule has 0 aliphatic carbocycles. The van der Waals surface area contributed by atoms with E-state index in [0.717, 1.165) is 57.8 Å². The zero-order valence-electron chi connectivity index (χ0n) is 37.9. The number of phosphoric acid groups is 1. The number of esters is 2. The van der Waals surface area contributed by atoms with Gasteiger partial charge in [-0.25, -0.2) is 4.57 Å². The second-order valence-electron chi connectivity index (χ2n) is 15.5. The van der Waals surface area contributed by atoms with Gasteiger partial charge in [-0.2, -0.15) is 0 Å². The summed E-state index contributed by atoms with van der Waals surface area (Å²) in [7, 11) is -4.79. The molecule has 0 saturated carbocycles. The van der Waals surface area contributed by atoms with Gasteiger partial charge in [0.1, 0.15) is 12.6 Å². The lowest BCUT2D eigenvalue weighted by Gasteiger charge is -2.20. The normalized spacial score (nSPS) is 15.3. The Balaban J connectivity index is 4.56. The van der Waals surface area contributed by atoms with Crippen molar-refractivity contribution in [2.75, 3.05) is 19.8 Å². The molecule has 0 saturated heterocycles. The number of carbonyl (C=O) groups is 3. The monoisotopic (exact) mass is 896 g/mol. The number of hydrogen-bond donors (Lipinski definition) is 5. The van der Waals surface area contributed by atoms with Gasteiger partial charge >= 0.3 is 25.7 Å². The third kappa shape index (κ3) is 39.7. The molecule has 0 radical (unpaired) electrons. The largest absolute Gasteiger partial charge is 0.480 e. The molecule has 0 aromatic carbocycles. The molecule has 5 atom stereocenters. The van der Waals surface area contributed by atoms with Crippen LogP contribution in [0.5, 0.6) is 0 Å². The summed E-state index contributed by atoms with van der Waals surface area (Å²) in [5.74, 6) is -2.71. The number of nitrogens with two attached hydrogens (primary N) is 1. The molecule has 62 heavy (non-hydrogen) atoms. The first-order valence-electron chi connectivity index (χ1n) is 23.1. The summed E-state index contributed by atoms with van der Waals surface area (Å²) in [6.07, 6.45) is 42.8. The second-order valence-corrected chi connectivity index (χ2v) is 16.9. The van der Waals surface area contributed by atoms with Gasteiger partial charge in [-0.15, -0.1) is 0 Å². The van der Waals surface area contributed by atoms with Gasteiger partial charge in [0.25, 0.3) is 0 Å². The molecule has 0 heterocycles. The summed E-state index contributed by atoms with van der Waals surface area (Å²) in [6, 6.07) is -1.57. The van der Waals surface area contributed by atoms with E-state index in [1.807, 2.05) is 12.2 Å². The van der Waals surface area contributed by atoms with Crippen LogP contribution in [0.15, 0.2) is 72.9 Å². The Morgan fingerprint density at radius 1 is 0.581 bits per heavy atom. The van der Waals surface area contributed by atoms with Crippen LogP contribution in [0.25, 0.3) is 0 Å². The van der Waals surface area contributed by atoms with E-state index in [2.05, 4.69) is 73.1 Å². The lowest BCUT2D eigenvalue weighted by molar-refractivity contribution is -0.161. The average Bonchev–Trinajstić information content (AvgIpc) is 3.24. The van der Waals surface area contributed by atoms with Crippen molar-refractivity contribution in [1.29, 1.82) is 0 Å². The van der Waals surface area contributed by atoms with Crippen molar-refractivity contribution in [3.63, 3.8) is 0 Å². The number of rotatable bonds is 42. The highest BCUT2D eigenvalue weighted by molar-refractivity contribution is 7.47. The first-order valence-corrected chi connectivity index (χ1v) is 24.6. The van der Waals surface area contributed by atoms with Gasteiger partial charge < -0.3 is 35.4 Å². The summed E-state index contributed by atoms with van der Waals surface area (Å²) >= 11 is 0. The molecule has 0 rings (SSSR count). The summed E-state index contributed by atoms with van der Waals surface area (Å²) < 4.78 is 32.6. The highest BCUT2D eigenvalue weighted by atomic mass is 31.2. The van der Waals surface area contributed by atoms with Crippen LogP contribution >= 0.6 is 7.82 Å². The molecular weight excluding hydrogens is 813 g/mol. The molecule has 0 aliphatic rings. The maximum Gasteiger partial charge on any atom is 0.472 e. The Bertz CT molecular complexity index is 1360. The number of aliphatic hydroxyl groups is 2. The van der Waals surface area contributed by atoms with Gasteiger partial charge in [0.2, 0.25) is 0 Å². The average molecular weight is 896 g/mol. The van der Waals surface area contributed by atoms with Crippen molar-refractivity contribution in [2.24, 2.45) is 5.73 Å². The molecule has 0 aromatic heterocycles. The molecular formula is C48H82NO12P. The van der Waals surface area contributed by atoms with Crippen LogP contribution in [0, 0.1) is 0 Å². The molecule has 0 spiro atoms. The molecule has 0 aliphatic heterocycles. The van der Waals surface area contributed by atoms with Crippen LogP contribution in [0.4, 0.5) is 0 Å². The molecule has 0 amide bonds. The topological polar surface area (TPSA) is 212 Å². The van der Waals surface area contributed by atoms with E-state index in [4.69, 9.17) is 24.8 Å². The highest BCUT2D eigenvalue weighted by Crippen LogP contribution is 2.43. The van der Waals surface area contributed by atoms with Gasteiger partial charge in [0.05, 0.1) is 25.4 Å². The number of carboxylic acids is 1. The fourth-order valence-corrected chi connectivity index (χ4v) is 6.67. The number of ether oxygens (including phenoxy) is 2. The van der Waals surface area contributed by atoms with Crippen molar-refractivity contribution < 1.29 is 57.7 Å². The molecule has 13 nitrogen and oxygen atoms in total. The molecule has 0 fully saturated rings. The smallest absolute Gasteiger partial charge is 0.472 e. The number of unbranched alkanes of at least 4 members (excludes halogenated alkanes) is 12. The minimum Gasteiger partial charge on any atom is -0.480 e. The molecule has 356 valence electrons. The molecule has 0 aromatic rings. The Labute approximate surface area is 373 Å². The molecule has 14 heteroatoms. The first-order chi connectivity index (χ1) is 29.9. The van der Waals surface area contributed by atoms with Crippen molar-refractivity contribution in [3.05, 3.63) is 72.9 Å². The van der Waals surface area contributed by atoms with Crippen LogP contribution in [0.2, 0.25) is 0 Å². The number of allylic oxidation sites excluding steroid dienone is 11. The summed E-state index contributed by atoms with van der Waals surface area (Å²) in [4.78, 5) is 46.1. The quantitative estimate of drug-likeness (QED) is 0.0167. The standard InChI is InChI=1S/C48H82NO12P/c1-3-5-7-9-11-13-15-17-18-19-20-21-22-23-25-27-29-31-33-37-47(53)61-42(40-59-62(56,57)60-41-43(49)48(54)55)39-58-46(52)38-34-36-45(51)44(50)35-32-30-28-26-24-16-14-12-10-8-6-4-2/h6,8,11-14,17-18,24,26,30,32,42-45,50-51H,3-5,7,9-10,15-16,19-23,25,27-29,31,33-41,49H2,1-2H3,(H,54,55)(H,56,57)/b8-6-,13-11-,14-12-,18-17-,26-24-,32-30-/t42-,43+,44+,45+/m1/s1. The van der Waals surface area contributed by atoms with E-state index in [1.54, 1.807) is 6.08 Å². The number of aliphatic carboxylic acids is 1.